The van der Waals surface area contributed by atoms with Gasteiger partial charge in [-0.25, -0.2) is 9.59 Å². The second-order valence-corrected chi connectivity index (χ2v) is 9.58. The quantitative estimate of drug-likeness (QED) is 0.121. The minimum Gasteiger partial charge on any atom is -0.493 e. The molecule has 3 rings (SSSR count). The molecule has 0 amide bonds. The molecule has 0 unspecified atom stereocenters. The Morgan fingerprint density at radius 3 is 1.97 bits per heavy atom. The van der Waals surface area contributed by atoms with Gasteiger partial charge >= 0.3 is 11.9 Å². The van der Waals surface area contributed by atoms with Crippen molar-refractivity contribution in [3.05, 3.63) is 87.9 Å². The highest BCUT2D eigenvalue weighted by Gasteiger charge is 2.16. The maximum absolute atomic E-state index is 12.7. The number of carbonyl (C=O) groups excluding carboxylic acids is 2. The van der Waals surface area contributed by atoms with Crippen LogP contribution in [0.1, 0.15) is 78.1 Å². The van der Waals surface area contributed by atoms with Crippen molar-refractivity contribution >= 4 is 27.9 Å². The van der Waals surface area contributed by atoms with E-state index in [1.54, 1.807) is 30.3 Å². The lowest BCUT2D eigenvalue weighted by atomic mass is 10.0. The summed E-state index contributed by atoms with van der Waals surface area (Å²) in [6, 6.07) is 19.1. The van der Waals surface area contributed by atoms with Gasteiger partial charge in [-0.2, -0.15) is 0 Å². The Morgan fingerprint density at radius 2 is 1.31 bits per heavy atom. The number of carbonyl (C=O) groups is 2. The molecule has 0 aliphatic rings. The Kier molecular flexibility index (Phi) is 11.0. The third-order valence-electron chi connectivity index (χ3n) is 5.88. The molecule has 0 N–H and O–H groups in total. The predicted molar refractivity (Wildman–Crippen MR) is 145 cm³/mol. The van der Waals surface area contributed by atoms with Gasteiger partial charge in [0.1, 0.15) is 5.75 Å². The number of halogens is 1. The normalized spacial score (nSPS) is 10.6. The van der Waals surface area contributed by atoms with E-state index >= 15 is 0 Å². The standard InChI is InChI=1S/C30H33BrO5/c1-3-4-5-6-7-8-9-10-22-11-18-26(19-12-22)35-30(33)24-15-20-27(28(21-24)34-2)36-29(32)23-13-16-25(31)17-14-23/h11-21H,3-10H2,1-2H3. The van der Waals surface area contributed by atoms with E-state index in [2.05, 4.69) is 22.9 Å². The smallest absolute Gasteiger partial charge is 0.343 e. The third kappa shape index (κ3) is 8.52. The van der Waals surface area contributed by atoms with Crippen molar-refractivity contribution in [1.29, 1.82) is 0 Å². The second-order valence-electron chi connectivity index (χ2n) is 8.67. The number of methoxy groups -OCH3 is 1. The van der Waals surface area contributed by atoms with Crippen LogP contribution in [0.3, 0.4) is 0 Å². The first kappa shape index (κ1) is 27.5. The zero-order valence-corrected chi connectivity index (χ0v) is 22.5. The van der Waals surface area contributed by atoms with E-state index in [9.17, 15) is 9.59 Å². The summed E-state index contributed by atoms with van der Waals surface area (Å²) < 4.78 is 17.2. The summed E-state index contributed by atoms with van der Waals surface area (Å²) in [4.78, 5) is 25.1. The average Bonchev–Trinajstić information content (AvgIpc) is 2.89. The fourth-order valence-electron chi connectivity index (χ4n) is 3.80. The third-order valence-corrected chi connectivity index (χ3v) is 6.41. The van der Waals surface area contributed by atoms with E-state index < -0.39 is 11.9 Å². The largest absolute Gasteiger partial charge is 0.493 e. The first-order valence-corrected chi connectivity index (χ1v) is 13.3. The topological polar surface area (TPSA) is 61.8 Å². The number of aryl methyl sites for hydroxylation is 1. The van der Waals surface area contributed by atoms with Gasteiger partial charge in [0.2, 0.25) is 0 Å². The van der Waals surface area contributed by atoms with Gasteiger partial charge < -0.3 is 14.2 Å². The van der Waals surface area contributed by atoms with Gasteiger partial charge in [0.05, 0.1) is 18.2 Å². The highest BCUT2D eigenvalue weighted by molar-refractivity contribution is 9.10. The molecule has 0 radical (unpaired) electrons. The number of rotatable bonds is 13. The lowest BCUT2D eigenvalue weighted by molar-refractivity contribution is 0.0728. The van der Waals surface area contributed by atoms with Gasteiger partial charge in [0, 0.05) is 4.47 Å². The molecule has 6 heteroatoms. The Bertz CT molecular complexity index is 1120. The van der Waals surface area contributed by atoms with E-state index in [0.29, 0.717) is 16.9 Å². The van der Waals surface area contributed by atoms with Crippen LogP contribution < -0.4 is 14.2 Å². The molecule has 3 aromatic carbocycles. The molecule has 190 valence electrons. The zero-order chi connectivity index (χ0) is 25.8. The number of unbranched alkanes of at least 4 members (excludes halogenated alkanes) is 6. The first-order valence-electron chi connectivity index (χ1n) is 12.5. The monoisotopic (exact) mass is 552 g/mol. The van der Waals surface area contributed by atoms with Crippen LogP contribution in [0.4, 0.5) is 0 Å². The van der Waals surface area contributed by atoms with Gasteiger partial charge in [-0.15, -0.1) is 0 Å². The van der Waals surface area contributed by atoms with Crippen molar-refractivity contribution in [2.24, 2.45) is 0 Å². The van der Waals surface area contributed by atoms with Gasteiger partial charge in [-0.1, -0.05) is 73.5 Å². The molecular formula is C30H33BrO5. The van der Waals surface area contributed by atoms with E-state index in [1.165, 1.54) is 69.8 Å². The molecule has 0 spiro atoms. The van der Waals surface area contributed by atoms with Gasteiger partial charge in [0.25, 0.3) is 0 Å². The lowest BCUT2D eigenvalue weighted by Crippen LogP contribution is -2.11. The minimum atomic E-state index is -0.521. The fourth-order valence-corrected chi connectivity index (χ4v) is 4.06. The van der Waals surface area contributed by atoms with Crippen molar-refractivity contribution in [1.82, 2.24) is 0 Å². The van der Waals surface area contributed by atoms with Crippen LogP contribution in [0, 0.1) is 0 Å². The molecule has 0 saturated carbocycles. The van der Waals surface area contributed by atoms with Crippen LogP contribution in [-0.2, 0) is 6.42 Å². The first-order chi connectivity index (χ1) is 17.5. The molecule has 0 fully saturated rings. The SMILES string of the molecule is CCCCCCCCCc1ccc(OC(=O)c2ccc(OC(=O)c3ccc(Br)cc3)c(OC)c2)cc1. The molecule has 0 bridgehead atoms. The molecule has 0 atom stereocenters. The van der Waals surface area contributed by atoms with Crippen molar-refractivity contribution < 1.29 is 23.8 Å². The van der Waals surface area contributed by atoms with Crippen molar-refractivity contribution in [2.75, 3.05) is 7.11 Å². The molecule has 5 nitrogen and oxygen atoms in total. The van der Waals surface area contributed by atoms with E-state index in [-0.39, 0.29) is 11.5 Å². The van der Waals surface area contributed by atoms with Gasteiger partial charge in [-0.3, -0.25) is 0 Å². The lowest BCUT2D eigenvalue weighted by Gasteiger charge is -2.11. The van der Waals surface area contributed by atoms with Crippen LogP contribution in [0.25, 0.3) is 0 Å². The van der Waals surface area contributed by atoms with Gasteiger partial charge in [-0.05, 0) is 73.0 Å². The Labute approximate surface area is 221 Å². The summed E-state index contributed by atoms with van der Waals surface area (Å²) in [6.45, 7) is 2.24. The van der Waals surface area contributed by atoms with Crippen LogP contribution in [0.2, 0.25) is 0 Å². The number of ether oxygens (including phenoxy) is 3. The fraction of sp³-hybridized carbons (Fsp3) is 0.333. The molecular weight excluding hydrogens is 520 g/mol. The van der Waals surface area contributed by atoms with E-state index in [1.807, 2.05) is 24.3 Å². The van der Waals surface area contributed by atoms with Crippen molar-refractivity contribution in [2.45, 2.75) is 58.3 Å². The summed E-state index contributed by atoms with van der Waals surface area (Å²) in [6.07, 6.45) is 10.0. The number of esters is 2. The van der Waals surface area contributed by atoms with E-state index in [4.69, 9.17) is 14.2 Å². The predicted octanol–water partition coefficient (Wildman–Crippen LogP) is 8.19. The van der Waals surface area contributed by atoms with E-state index in [0.717, 1.165) is 10.9 Å². The zero-order valence-electron chi connectivity index (χ0n) is 20.9. The molecule has 0 heterocycles. The van der Waals surface area contributed by atoms with Crippen LogP contribution in [-0.4, -0.2) is 19.0 Å². The summed E-state index contributed by atoms with van der Waals surface area (Å²) in [7, 11) is 1.45. The molecule has 3 aromatic rings. The molecule has 36 heavy (non-hydrogen) atoms. The van der Waals surface area contributed by atoms with Crippen LogP contribution >= 0.6 is 15.9 Å². The Morgan fingerprint density at radius 1 is 0.694 bits per heavy atom. The Balaban J connectivity index is 1.53. The molecule has 0 saturated heterocycles. The number of hydrogen-bond donors (Lipinski definition) is 0. The van der Waals surface area contributed by atoms with Crippen molar-refractivity contribution in [3.8, 4) is 17.2 Å². The van der Waals surface area contributed by atoms with Crippen LogP contribution in [0.15, 0.2) is 71.2 Å². The summed E-state index contributed by atoms with van der Waals surface area (Å²) in [5, 5.41) is 0. The minimum absolute atomic E-state index is 0.219. The number of benzene rings is 3. The maximum Gasteiger partial charge on any atom is 0.343 e. The molecule has 0 aromatic heterocycles. The molecule has 0 aliphatic carbocycles. The number of hydrogen-bond acceptors (Lipinski definition) is 5. The summed E-state index contributed by atoms with van der Waals surface area (Å²) >= 11 is 3.34. The average molecular weight is 553 g/mol. The van der Waals surface area contributed by atoms with Crippen LogP contribution in [0.5, 0.6) is 17.2 Å². The highest BCUT2D eigenvalue weighted by atomic mass is 79.9. The highest BCUT2D eigenvalue weighted by Crippen LogP contribution is 2.29. The summed E-state index contributed by atoms with van der Waals surface area (Å²) in [5.74, 6) is -0.0729. The molecule has 0 aliphatic heterocycles. The van der Waals surface area contributed by atoms with Crippen molar-refractivity contribution in [3.63, 3.8) is 0 Å². The maximum atomic E-state index is 12.7. The van der Waals surface area contributed by atoms with Gasteiger partial charge in [0.15, 0.2) is 11.5 Å². The second kappa shape index (κ2) is 14.4. The Hall–Kier alpha value is -3.12. The summed E-state index contributed by atoms with van der Waals surface area (Å²) in [5.41, 5.74) is 1.93.